The maximum Gasteiger partial charge on any atom is 0.264 e. The number of carbonyl (C=O) groups is 1. The second-order valence-electron chi connectivity index (χ2n) is 6.23. The van der Waals surface area contributed by atoms with Crippen LogP contribution in [0.4, 0.5) is 5.69 Å². The lowest BCUT2D eigenvalue weighted by Crippen LogP contribution is -2.19. The van der Waals surface area contributed by atoms with Crippen LogP contribution in [0.3, 0.4) is 0 Å². The zero-order chi connectivity index (χ0) is 21.7. The standard InChI is InChI=1S/C22H20ClIN2O3S/c1-4-9-29-20-16(24)10-14(11-18(20)28-5-2)12-19-21(27)26-22(30-19)25-17-8-6-7-15(23)13(17)3/h4,6-8,10-12H,1,5,9H2,2-3H3,(H,25,26,27)/b19-12+. The number of ether oxygens (including phenoxy) is 2. The molecule has 5 nitrogen and oxygen atoms in total. The highest BCUT2D eigenvalue weighted by Crippen LogP contribution is 2.36. The Morgan fingerprint density at radius 3 is 2.87 bits per heavy atom. The van der Waals surface area contributed by atoms with Crippen LogP contribution in [0, 0.1) is 10.5 Å². The van der Waals surface area contributed by atoms with Crippen LogP contribution >= 0.6 is 46.0 Å². The molecule has 8 heteroatoms. The van der Waals surface area contributed by atoms with Crippen LogP contribution in [0.2, 0.25) is 5.02 Å². The minimum Gasteiger partial charge on any atom is -0.490 e. The molecule has 0 unspecified atom stereocenters. The molecule has 3 rings (SSSR count). The van der Waals surface area contributed by atoms with Gasteiger partial charge in [-0.25, -0.2) is 4.99 Å². The van der Waals surface area contributed by atoms with E-state index in [0.29, 0.717) is 39.8 Å². The van der Waals surface area contributed by atoms with Crippen molar-refractivity contribution in [2.75, 3.05) is 13.2 Å². The number of amidine groups is 1. The smallest absolute Gasteiger partial charge is 0.264 e. The first-order valence-electron chi connectivity index (χ1n) is 9.17. The molecule has 1 amide bonds. The summed E-state index contributed by atoms with van der Waals surface area (Å²) in [4.78, 5) is 17.5. The van der Waals surface area contributed by atoms with E-state index in [9.17, 15) is 4.79 Å². The fraction of sp³-hybridized carbons (Fsp3) is 0.182. The third kappa shape index (κ3) is 5.39. The van der Waals surface area contributed by atoms with Crippen LogP contribution < -0.4 is 14.8 Å². The number of thioether (sulfide) groups is 1. The van der Waals surface area contributed by atoms with Crippen LogP contribution in [0.5, 0.6) is 11.5 Å². The van der Waals surface area contributed by atoms with Crippen LogP contribution in [0.25, 0.3) is 6.08 Å². The number of hydrogen-bond donors (Lipinski definition) is 1. The van der Waals surface area contributed by atoms with E-state index in [2.05, 4.69) is 39.5 Å². The summed E-state index contributed by atoms with van der Waals surface area (Å²) in [5.41, 5.74) is 2.43. The third-order valence-electron chi connectivity index (χ3n) is 4.09. The van der Waals surface area contributed by atoms with Gasteiger partial charge in [0.15, 0.2) is 16.7 Å². The first kappa shape index (κ1) is 22.7. The van der Waals surface area contributed by atoms with Crippen LogP contribution in [-0.2, 0) is 4.79 Å². The number of amides is 1. The van der Waals surface area contributed by atoms with Crippen molar-refractivity contribution in [3.63, 3.8) is 0 Å². The summed E-state index contributed by atoms with van der Waals surface area (Å²) in [6.07, 6.45) is 3.50. The fourth-order valence-corrected chi connectivity index (χ4v) is 4.46. The average Bonchev–Trinajstić information content (AvgIpc) is 3.04. The molecule has 1 heterocycles. The predicted octanol–water partition coefficient (Wildman–Crippen LogP) is 6.11. The van der Waals surface area contributed by atoms with Gasteiger partial charge in [-0.1, -0.05) is 30.3 Å². The molecule has 0 aromatic heterocycles. The highest BCUT2D eigenvalue weighted by Gasteiger charge is 2.24. The normalized spacial score (nSPS) is 16.1. The van der Waals surface area contributed by atoms with Gasteiger partial charge >= 0.3 is 0 Å². The van der Waals surface area contributed by atoms with Crippen molar-refractivity contribution in [3.05, 3.63) is 67.6 Å². The topological polar surface area (TPSA) is 59.9 Å². The van der Waals surface area contributed by atoms with Crippen molar-refractivity contribution >= 4 is 68.8 Å². The molecule has 1 fully saturated rings. The van der Waals surface area contributed by atoms with Gasteiger partial charge in [0.05, 0.1) is 20.8 Å². The summed E-state index contributed by atoms with van der Waals surface area (Å²) in [5, 5.41) is 3.96. The Labute approximate surface area is 198 Å². The molecule has 0 bridgehead atoms. The molecular formula is C22H20ClIN2O3S. The minimum atomic E-state index is -0.196. The molecule has 1 aliphatic rings. The highest BCUT2D eigenvalue weighted by atomic mass is 127. The number of benzene rings is 2. The molecule has 30 heavy (non-hydrogen) atoms. The van der Waals surface area contributed by atoms with Gasteiger partial charge in [0, 0.05) is 5.02 Å². The van der Waals surface area contributed by atoms with Crippen molar-refractivity contribution in [2.24, 2.45) is 4.99 Å². The molecule has 2 aromatic carbocycles. The largest absolute Gasteiger partial charge is 0.490 e. The average molecular weight is 555 g/mol. The number of rotatable bonds is 7. The van der Waals surface area contributed by atoms with Gasteiger partial charge < -0.3 is 14.8 Å². The van der Waals surface area contributed by atoms with Gasteiger partial charge in [0.2, 0.25) is 0 Å². The van der Waals surface area contributed by atoms with Crippen molar-refractivity contribution < 1.29 is 14.3 Å². The monoisotopic (exact) mass is 554 g/mol. The maximum atomic E-state index is 12.5. The van der Waals surface area contributed by atoms with Crippen molar-refractivity contribution in [1.29, 1.82) is 0 Å². The fourth-order valence-electron chi connectivity index (χ4n) is 2.68. The lowest BCUT2D eigenvalue weighted by molar-refractivity contribution is -0.115. The van der Waals surface area contributed by atoms with Crippen molar-refractivity contribution in [3.8, 4) is 11.5 Å². The van der Waals surface area contributed by atoms with E-state index in [0.717, 1.165) is 20.4 Å². The number of halogens is 2. The van der Waals surface area contributed by atoms with Gasteiger partial charge in [-0.3, -0.25) is 4.79 Å². The molecule has 0 spiro atoms. The van der Waals surface area contributed by atoms with Gasteiger partial charge in [-0.05, 0) is 89.7 Å². The number of carbonyl (C=O) groups excluding carboxylic acids is 1. The first-order chi connectivity index (χ1) is 14.4. The Kier molecular flexibility index (Phi) is 7.85. The molecule has 1 saturated heterocycles. The lowest BCUT2D eigenvalue weighted by atomic mass is 10.2. The van der Waals surface area contributed by atoms with Crippen LogP contribution in [0.15, 0.2) is 52.9 Å². The molecule has 0 aliphatic carbocycles. The lowest BCUT2D eigenvalue weighted by Gasteiger charge is -2.13. The zero-order valence-electron chi connectivity index (χ0n) is 16.5. The van der Waals surface area contributed by atoms with Gasteiger partial charge in [-0.2, -0.15) is 0 Å². The summed E-state index contributed by atoms with van der Waals surface area (Å²) in [5.74, 6) is 1.10. The first-order valence-corrected chi connectivity index (χ1v) is 11.4. The Hall–Kier alpha value is -1.97. The van der Waals surface area contributed by atoms with E-state index in [1.54, 1.807) is 6.08 Å². The second kappa shape index (κ2) is 10.4. The van der Waals surface area contributed by atoms with Gasteiger partial charge in [0.25, 0.3) is 5.91 Å². The van der Waals surface area contributed by atoms with Crippen LogP contribution in [-0.4, -0.2) is 24.3 Å². The highest BCUT2D eigenvalue weighted by molar-refractivity contribution is 14.1. The summed E-state index contributed by atoms with van der Waals surface area (Å²) >= 11 is 9.64. The summed E-state index contributed by atoms with van der Waals surface area (Å²) in [7, 11) is 0. The van der Waals surface area contributed by atoms with E-state index in [-0.39, 0.29) is 5.91 Å². The van der Waals surface area contributed by atoms with E-state index in [1.165, 1.54) is 11.8 Å². The maximum absolute atomic E-state index is 12.5. The number of nitrogens with zero attached hydrogens (tertiary/aromatic N) is 1. The van der Waals surface area contributed by atoms with Crippen LogP contribution in [0.1, 0.15) is 18.1 Å². The Bertz CT molecular complexity index is 1050. The van der Waals surface area contributed by atoms with E-state index in [4.69, 9.17) is 21.1 Å². The summed E-state index contributed by atoms with van der Waals surface area (Å²) < 4.78 is 12.4. The molecule has 0 radical (unpaired) electrons. The molecule has 156 valence electrons. The minimum absolute atomic E-state index is 0.196. The number of aliphatic imine (C=N–C) groups is 1. The Balaban J connectivity index is 1.89. The molecule has 2 aromatic rings. The Morgan fingerprint density at radius 1 is 1.33 bits per heavy atom. The van der Waals surface area contributed by atoms with E-state index < -0.39 is 0 Å². The molecule has 1 aliphatic heterocycles. The summed E-state index contributed by atoms with van der Waals surface area (Å²) in [6.45, 7) is 8.38. The van der Waals surface area contributed by atoms with E-state index in [1.807, 2.05) is 50.3 Å². The molecule has 0 saturated carbocycles. The molecular weight excluding hydrogens is 535 g/mol. The Morgan fingerprint density at radius 2 is 2.13 bits per heavy atom. The van der Waals surface area contributed by atoms with Gasteiger partial charge in [-0.15, -0.1) is 0 Å². The molecule has 0 atom stereocenters. The third-order valence-corrected chi connectivity index (χ3v) is 6.21. The number of hydrogen-bond acceptors (Lipinski definition) is 5. The van der Waals surface area contributed by atoms with E-state index >= 15 is 0 Å². The second-order valence-corrected chi connectivity index (χ2v) is 8.83. The van der Waals surface area contributed by atoms with Crippen molar-refractivity contribution in [1.82, 2.24) is 5.32 Å². The predicted molar refractivity (Wildman–Crippen MR) is 133 cm³/mol. The quantitative estimate of drug-likeness (QED) is 0.255. The zero-order valence-corrected chi connectivity index (χ0v) is 20.2. The molecule has 1 N–H and O–H groups in total. The van der Waals surface area contributed by atoms with Gasteiger partial charge in [0.1, 0.15) is 6.61 Å². The van der Waals surface area contributed by atoms with Crippen molar-refractivity contribution in [2.45, 2.75) is 13.8 Å². The number of nitrogens with one attached hydrogen (secondary N) is 1. The SMILES string of the molecule is C=CCOc1c(I)cc(/C=C2/SC(=Nc3cccc(Cl)c3C)NC2=O)cc1OCC. The summed E-state index contributed by atoms with van der Waals surface area (Å²) in [6, 6.07) is 9.31.